The van der Waals surface area contributed by atoms with Crippen molar-refractivity contribution in [2.45, 2.75) is 19.9 Å². The minimum absolute atomic E-state index is 0.138. The Balaban J connectivity index is 1.91. The van der Waals surface area contributed by atoms with Crippen molar-refractivity contribution in [3.63, 3.8) is 0 Å². The number of carbonyl (C=O) groups excluding carboxylic acids is 1. The third kappa shape index (κ3) is 2.49. The molecule has 0 aromatic heterocycles. The van der Waals surface area contributed by atoms with E-state index in [2.05, 4.69) is 0 Å². The van der Waals surface area contributed by atoms with Crippen molar-refractivity contribution in [2.24, 2.45) is 0 Å². The molecule has 3 nitrogen and oxygen atoms in total. The van der Waals surface area contributed by atoms with Crippen LogP contribution in [0.1, 0.15) is 27.0 Å². The van der Waals surface area contributed by atoms with E-state index in [0.717, 1.165) is 17.5 Å². The summed E-state index contributed by atoms with van der Waals surface area (Å²) < 4.78 is 13.4. The Bertz CT molecular complexity index is 712. The number of rotatable bonds is 1. The van der Waals surface area contributed by atoms with Crippen molar-refractivity contribution in [1.82, 2.24) is 4.90 Å². The topological polar surface area (TPSA) is 46.3 Å². The van der Waals surface area contributed by atoms with Crippen molar-refractivity contribution < 1.29 is 9.18 Å². The Hall–Kier alpha value is -2.36. The Morgan fingerprint density at radius 2 is 2.10 bits per heavy atom. The van der Waals surface area contributed by atoms with Gasteiger partial charge in [-0.15, -0.1) is 0 Å². The van der Waals surface area contributed by atoms with Crippen molar-refractivity contribution in [1.29, 1.82) is 0 Å². The fraction of sp³-hybridized carbons (Fsp3) is 0.235. The van der Waals surface area contributed by atoms with E-state index in [9.17, 15) is 9.18 Å². The first-order valence-corrected chi connectivity index (χ1v) is 6.98. The number of benzene rings is 2. The van der Waals surface area contributed by atoms with Gasteiger partial charge in [0.2, 0.25) is 0 Å². The number of carbonyl (C=O) groups is 1. The van der Waals surface area contributed by atoms with Crippen LogP contribution in [0.5, 0.6) is 0 Å². The summed E-state index contributed by atoms with van der Waals surface area (Å²) in [7, 11) is 0. The van der Waals surface area contributed by atoms with Crippen molar-refractivity contribution in [3.8, 4) is 0 Å². The van der Waals surface area contributed by atoms with Gasteiger partial charge in [-0.05, 0) is 48.2 Å². The summed E-state index contributed by atoms with van der Waals surface area (Å²) in [5.74, 6) is -0.526. The summed E-state index contributed by atoms with van der Waals surface area (Å²) in [6.07, 6.45) is 0.778. The molecule has 2 aromatic rings. The standard InChI is InChI=1S/C17H17FN2O/c1-11-5-6-13(18)9-14(11)17(21)20-8-7-12-3-2-4-16(19)15(12)10-20/h2-6,9H,7-8,10,19H2,1H3. The van der Waals surface area contributed by atoms with Gasteiger partial charge in [-0.25, -0.2) is 4.39 Å². The lowest BCUT2D eigenvalue weighted by Crippen LogP contribution is -2.36. The second-order valence-electron chi connectivity index (χ2n) is 5.42. The number of nitrogens with two attached hydrogens (primary N) is 1. The van der Waals surface area contributed by atoms with E-state index in [0.29, 0.717) is 24.3 Å². The second-order valence-corrected chi connectivity index (χ2v) is 5.42. The van der Waals surface area contributed by atoms with Gasteiger partial charge in [-0.1, -0.05) is 18.2 Å². The van der Waals surface area contributed by atoms with Gasteiger partial charge < -0.3 is 10.6 Å². The monoisotopic (exact) mass is 284 g/mol. The van der Waals surface area contributed by atoms with Gasteiger partial charge in [0.25, 0.3) is 5.91 Å². The van der Waals surface area contributed by atoms with E-state index in [1.54, 1.807) is 11.0 Å². The fourth-order valence-electron chi connectivity index (χ4n) is 2.78. The van der Waals surface area contributed by atoms with Crippen molar-refractivity contribution in [2.75, 3.05) is 12.3 Å². The number of nitrogen functional groups attached to an aromatic ring is 1. The van der Waals surface area contributed by atoms with Gasteiger partial charge in [-0.2, -0.15) is 0 Å². The van der Waals surface area contributed by atoms with Crippen LogP contribution < -0.4 is 5.73 Å². The highest BCUT2D eigenvalue weighted by atomic mass is 19.1. The smallest absolute Gasteiger partial charge is 0.254 e. The summed E-state index contributed by atoms with van der Waals surface area (Å²) in [5.41, 5.74) is 10.1. The predicted molar refractivity (Wildman–Crippen MR) is 80.4 cm³/mol. The number of amides is 1. The number of nitrogens with zero attached hydrogens (tertiary/aromatic N) is 1. The maximum absolute atomic E-state index is 13.4. The number of aryl methyl sites for hydroxylation is 1. The molecule has 2 aromatic carbocycles. The van der Waals surface area contributed by atoms with Gasteiger partial charge in [0.15, 0.2) is 0 Å². The maximum atomic E-state index is 13.4. The van der Waals surface area contributed by atoms with Crippen molar-refractivity contribution in [3.05, 3.63) is 64.5 Å². The normalized spacial score (nSPS) is 13.9. The lowest BCUT2D eigenvalue weighted by atomic mass is 9.97. The van der Waals surface area contributed by atoms with Gasteiger partial charge in [0.1, 0.15) is 5.82 Å². The Labute approximate surface area is 123 Å². The molecule has 4 heteroatoms. The summed E-state index contributed by atoms with van der Waals surface area (Å²) in [5, 5.41) is 0. The number of hydrogen-bond donors (Lipinski definition) is 1. The summed E-state index contributed by atoms with van der Waals surface area (Å²) in [6.45, 7) is 2.93. The molecule has 3 rings (SSSR count). The zero-order valence-corrected chi connectivity index (χ0v) is 11.9. The highest BCUT2D eigenvalue weighted by Gasteiger charge is 2.24. The van der Waals surface area contributed by atoms with Crippen LogP contribution in [0.15, 0.2) is 36.4 Å². The molecule has 1 amide bonds. The minimum atomic E-state index is -0.388. The van der Waals surface area contributed by atoms with Crippen molar-refractivity contribution >= 4 is 11.6 Å². The molecule has 2 N–H and O–H groups in total. The molecule has 0 bridgehead atoms. The molecule has 0 saturated heterocycles. The predicted octanol–water partition coefficient (Wildman–Crippen LogP) is 2.91. The van der Waals surface area contributed by atoms with E-state index < -0.39 is 0 Å². The molecular formula is C17H17FN2O. The molecule has 0 saturated carbocycles. The summed E-state index contributed by atoms with van der Waals surface area (Å²) >= 11 is 0. The lowest BCUT2D eigenvalue weighted by molar-refractivity contribution is 0.0734. The Morgan fingerprint density at radius 3 is 2.90 bits per heavy atom. The molecule has 0 aliphatic carbocycles. The molecule has 108 valence electrons. The van der Waals surface area contributed by atoms with E-state index in [1.807, 2.05) is 25.1 Å². The number of fused-ring (bicyclic) bond motifs is 1. The molecule has 1 heterocycles. The highest BCUT2D eigenvalue weighted by Crippen LogP contribution is 2.26. The summed E-state index contributed by atoms with van der Waals surface area (Å²) in [6, 6.07) is 10.1. The van der Waals surface area contributed by atoms with Crippen LogP contribution >= 0.6 is 0 Å². The molecule has 0 spiro atoms. The quantitative estimate of drug-likeness (QED) is 0.818. The van der Waals surface area contributed by atoms with Crippen LogP contribution in [0.25, 0.3) is 0 Å². The number of anilines is 1. The molecule has 0 radical (unpaired) electrons. The zero-order chi connectivity index (χ0) is 15.0. The summed E-state index contributed by atoms with van der Waals surface area (Å²) in [4.78, 5) is 14.3. The van der Waals surface area contributed by atoms with Gasteiger partial charge in [0, 0.05) is 24.3 Å². The third-order valence-corrected chi connectivity index (χ3v) is 4.03. The molecule has 0 atom stereocenters. The molecule has 21 heavy (non-hydrogen) atoms. The first kappa shape index (κ1) is 13.6. The van der Waals surface area contributed by atoms with E-state index in [4.69, 9.17) is 5.73 Å². The molecule has 1 aliphatic rings. The van der Waals surface area contributed by atoms with E-state index in [1.165, 1.54) is 17.7 Å². The average molecular weight is 284 g/mol. The van der Waals surface area contributed by atoms with Crippen LogP contribution in [-0.4, -0.2) is 17.4 Å². The van der Waals surface area contributed by atoms with Crippen LogP contribution in [0, 0.1) is 12.7 Å². The Morgan fingerprint density at radius 1 is 1.29 bits per heavy atom. The van der Waals surface area contributed by atoms with Crippen LogP contribution in [0.3, 0.4) is 0 Å². The first-order valence-electron chi connectivity index (χ1n) is 6.98. The molecule has 0 unspecified atom stereocenters. The SMILES string of the molecule is Cc1ccc(F)cc1C(=O)N1CCc2cccc(N)c2C1. The Kier molecular flexibility index (Phi) is 3.37. The molecule has 0 fully saturated rings. The molecular weight excluding hydrogens is 267 g/mol. The van der Waals surface area contributed by atoms with Gasteiger partial charge in [-0.3, -0.25) is 4.79 Å². The number of halogens is 1. The van der Waals surface area contributed by atoms with E-state index >= 15 is 0 Å². The van der Waals surface area contributed by atoms with Crippen LogP contribution in [0.4, 0.5) is 10.1 Å². The van der Waals surface area contributed by atoms with Gasteiger partial charge in [0.05, 0.1) is 0 Å². The lowest BCUT2D eigenvalue weighted by Gasteiger charge is -2.30. The largest absolute Gasteiger partial charge is 0.398 e. The molecule has 1 aliphatic heterocycles. The zero-order valence-electron chi connectivity index (χ0n) is 11.9. The average Bonchev–Trinajstić information content (AvgIpc) is 2.49. The maximum Gasteiger partial charge on any atom is 0.254 e. The third-order valence-electron chi connectivity index (χ3n) is 4.03. The minimum Gasteiger partial charge on any atom is -0.398 e. The van der Waals surface area contributed by atoms with Crippen LogP contribution in [0.2, 0.25) is 0 Å². The first-order chi connectivity index (χ1) is 10.1. The van der Waals surface area contributed by atoms with E-state index in [-0.39, 0.29) is 11.7 Å². The van der Waals surface area contributed by atoms with Crippen LogP contribution in [-0.2, 0) is 13.0 Å². The van der Waals surface area contributed by atoms with Gasteiger partial charge >= 0.3 is 0 Å². The number of hydrogen-bond acceptors (Lipinski definition) is 2. The fourth-order valence-corrected chi connectivity index (χ4v) is 2.78. The highest BCUT2D eigenvalue weighted by molar-refractivity contribution is 5.95. The second kappa shape index (κ2) is 5.20.